The van der Waals surface area contributed by atoms with E-state index in [2.05, 4.69) is 49.6 Å². The van der Waals surface area contributed by atoms with Crippen molar-refractivity contribution in [3.05, 3.63) is 17.5 Å². The van der Waals surface area contributed by atoms with E-state index in [9.17, 15) is 0 Å². The normalized spacial score (nSPS) is 11.5. The number of thiophene rings is 2. The molecular formula is C20H36S2Sn. The molecule has 23 heavy (non-hydrogen) atoms. The van der Waals surface area contributed by atoms with Gasteiger partial charge in [-0.3, -0.25) is 0 Å². The van der Waals surface area contributed by atoms with Crippen molar-refractivity contribution < 1.29 is 0 Å². The Bertz CT molecular complexity index is 476. The molecule has 0 aromatic carbocycles. The first-order valence-corrected chi connectivity index (χ1v) is 18.9. The van der Waals surface area contributed by atoms with Gasteiger partial charge in [0.05, 0.1) is 0 Å². The Morgan fingerprint density at radius 3 is 1.78 bits per heavy atom. The third-order valence-electron chi connectivity index (χ3n) is 4.69. The average Bonchev–Trinajstić information content (AvgIpc) is 3.18. The van der Waals surface area contributed by atoms with E-state index in [0.29, 0.717) is 0 Å². The Labute approximate surface area is 156 Å². The summed E-state index contributed by atoms with van der Waals surface area (Å²) in [5.74, 6) is 0. The fraction of sp³-hybridized carbons (Fsp3) is 0.700. The summed E-state index contributed by atoms with van der Waals surface area (Å²) in [6.45, 7) is 11.1. The molecule has 0 N–H and O–H groups in total. The maximum absolute atomic E-state index is 2.61. The molecule has 2 aromatic rings. The van der Waals surface area contributed by atoms with Crippen molar-refractivity contribution in [1.29, 1.82) is 0 Å². The third-order valence-corrected chi connectivity index (χ3v) is 25.0. The Balaban J connectivity index is 0.00000127. The van der Waals surface area contributed by atoms with E-state index in [1.807, 2.05) is 28.1 Å². The topological polar surface area (TPSA) is 0 Å². The molecule has 3 heteroatoms. The van der Waals surface area contributed by atoms with Crippen molar-refractivity contribution >= 4 is 53.3 Å². The molecule has 0 unspecified atom stereocenters. The van der Waals surface area contributed by atoms with Crippen molar-refractivity contribution in [2.75, 3.05) is 0 Å². The first kappa shape index (κ1) is 21.5. The molecule has 0 nitrogen and oxygen atoms in total. The molecule has 0 aliphatic heterocycles. The molecule has 2 rings (SSSR count). The molecule has 0 aliphatic rings. The molecular weight excluding hydrogens is 423 g/mol. The number of unbranched alkanes of at least 4 members (excludes halogenated alkanes) is 3. The van der Waals surface area contributed by atoms with E-state index < -0.39 is 18.4 Å². The first-order valence-electron chi connectivity index (χ1n) is 9.73. The summed E-state index contributed by atoms with van der Waals surface area (Å²) in [6.07, 6.45) is 8.52. The summed E-state index contributed by atoms with van der Waals surface area (Å²) in [5, 5.41) is 2.26. The van der Waals surface area contributed by atoms with Crippen molar-refractivity contribution in [3.63, 3.8) is 0 Å². The number of hydrogen-bond acceptors (Lipinski definition) is 2. The predicted molar refractivity (Wildman–Crippen MR) is 116 cm³/mol. The summed E-state index contributed by atoms with van der Waals surface area (Å²) in [5.41, 5.74) is 0. The van der Waals surface area contributed by atoms with Crippen LogP contribution < -0.4 is 2.89 Å². The average molecular weight is 459 g/mol. The zero-order valence-corrected chi connectivity index (χ0v) is 20.4. The molecule has 0 fully saturated rings. The van der Waals surface area contributed by atoms with Gasteiger partial charge in [0.25, 0.3) is 0 Å². The molecule has 2 heterocycles. The Kier molecular flexibility index (Phi) is 11.1. The number of fused-ring (bicyclic) bond motifs is 1. The van der Waals surface area contributed by atoms with Gasteiger partial charge in [0.15, 0.2) is 0 Å². The summed E-state index contributed by atoms with van der Waals surface area (Å²) < 4.78 is 9.79. The third kappa shape index (κ3) is 6.04. The van der Waals surface area contributed by atoms with Crippen LogP contribution in [0.25, 0.3) is 9.40 Å². The summed E-state index contributed by atoms with van der Waals surface area (Å²) in [6, 6.07) is 4.95. The molecule has 0 spiro atoms. The van der Waals surface area contributed by atoms with Gasteiger partial charge in [-0.05, 0) is 0 Å². The monoisotopic (exact) mass is 460 g/mol. The van der Waals surface area contributed by atoms with Gasteiger partial charge in [0.2, 0.25) is 0 Å². The fourth-order valence-corrected chi connectivity index (χ4v) is 24.9. The predicted octanol–water partition coefficient (Wildman–Crippen LogP) is 8.05. The minimum absolute atomic E-state index is 1.37. The molecule has 2 aromatic heterocycles. The first-order chi connectivity index (χ1) is 11.3. The zero-order valence-electron chi connectivity index (χ0n) is 15.9. The standard InChI is InChI=1S/C6H3S2.3C4H9.C2H6.Sn/c1-3-7-6-2-4-8-5(1)6;3*1-3-4-2;1-2;/h1-3H;3*1,3-4H2,2H3;1-2H3;. The zero-order chi connectivity index (χ0) is 17.1. The van der Waals surface area contributed by atoms with Crippen LogP contribution in [0.5, 0.6) is 0 Å². The summed E-state index contributed by atoms with van der Waals surface area (Å²) in [4.78, 5) is 0. The van der Waals surface area contributed by atoms with E-state index in [4.69, 9.17) is 0 Å². The minimum atomic E-state index is -2.14. The van der Waals surface area contributed by atoms with Gasteiger partial charge in [0, 0.05) is 0 Å². The Hall–Kier alpha value is 0.459. The van der Waals surface area contributed by atoms with Crippen LogP contribution >= 0.6 is 22.7 Å². The molecule has 0 radical (unpaired) electrons. The SMILES string of the molecule is CC.CCC[CH2][Sn]([CH2]CCC)([CH2]CCC)[c]1cc2sccc2s1. The Morgan fingerprint density at radius 2 is 1.35 bits per heavy atom. The van der Waals surface area contributed by atoms with E-state index >= 15 is 0 Å². The van der Waals surface area contributed by atoms with Crippen LogP contribution in [0.4, 0.5) is 0 Å². The Morgan fingerprint density at radius 1 is 0.826 bits per heavy atom. The van der Waals surface area contributed by atoms with Crippen LogP contribution in [0, 0.1) is 0 Å². The van der Waals surface area contributed by atoms with Crippen LogP contribution in [0.2, 0.25) is 13.3 Å². The van der Waals surface area contributed by atoms with Gasteiger partial charge in [-0.2, -0.15) is 0 Å². The van der Waals surface area contributed by atoms with Gasteiger partial charge in [-0.15, -0.1) is 0 Å². The van der Waals surface area contributed by atoms with E-state index in [1.54, 1.807) is 22.7 Å². The molecule has 0 saturated heterocycles. The molecule has 0 atom stereocenters. The second kappa shape index (κ2) is 11.9. The number of hydrogen-bond donors (Lipinski definition) is 0. The van der Waals surface area contributed by atoms with E-state index in [-0.39, 0.29) is 0 Å². The molecule has 132 valence electrons. The van der Waals surface area contributed by atoms with Gasteiger partial charge in [0.1, 0.15) is 0 Å². The number of rotatable bonds is 10. The van der Waals surface area contributed by atoms with Crippen LogP contribution in [-0.2, 0) is 0 Å². The van der Waals surface area contributed by atoms with Crippen LogP contribution in [0.1, 0.15) is 73.1 Å². The van der Waals surface area contributed by atoms with Crippen molar-refractivity contribution in [2.24, 2.45) is 0 Å². The maximum atomic E-state index is 2.61. The second-order valence-corrected chi connectivity index (χ2v) is 22.5. The fourth-order valence-electron chi connectivity index (χ4n) is 3.32. The molecule has 0 amide bonds. The van der Waals surface area contributed by atoms with Gasteiger partial charge >= 0.3 is 143 Å². The molecule has 0 saturated carbocycles. The summed E-state index contributed by atoms with van der Waals surface area (Å²) in [7, 11) is 0. The van der Waals surface area contributed by atoms with Crippen LogP contribution in [-0.4, -0.2) is 18.4 Å². The second-order valence-electron chi connectivity index (χ2n) is 6.35. The molecule has 0 bridgehead atoms. The van der Waals surface area contributed by atoms with E-state index in [0.717, 1.165) is 0 Å². The van der Waals surface area contributed by atoms with Gasteiger partial charge in [-0.1, -0.05) is 13.8 Å². The van der Waals surface area contributed by atoms with Crippen LogP contribution in [0.15, 0.2) is 17.5 Å². The van der Waals surface area contributed by atoms with Crippen molar-refractivity contribution in [3.8, 4) is 0 Å². The van der Waals surface area contributed by atoms with Gasteiger partial charge in [-0.25, -0.2) is 0 Å². The van der Waals surface area contributed by atoms with Crippen molar-refractivity contribution in [1.82, 2.24) is 0 Å². The quantitative estimate of drug-likeness (QED) is 0.316. The summed E-state index contributed by atoms with van der Waals surface area (Å²) >= 11 is 1.97. The van der Waals surface area contributed by atoms with E-state index in [1.165, 1.54) is 38.5 Å². The van der Waals surface area contributed by atoms with Crippen molar-refractivity contribution in [2.45, 2.75) is 86.5 Å². The molecule has 0 aliphatic carbocycles. The van der Waals surface area contributed by atoms with Crippen LogP contribution in [0.3, 0.4) is 0 Å². The van der Waals surface area contributed by atoms with Gasteiger partial charge < -0.3 is 0 Å².